The predicted octanol–water partition coefficient (Wildman–Crippen LogP) is 1.53. The monoisotopic (exact) mass is 340 g/mol. The molecule has 0 bridgehead atoms. The third kappa shape index (κ3) is 3.55. The number of carbonyl (C=O) groups is 3. The fraction of sp³-hybridized carbons (Fsp3) is 0.231. The van der Waals surface area contributed by atoms with Crippen LogP contribution >= 0.6 is 24.0 Å². The SMILES string of the molecule is O=C(O)CC[C@@H](C(=O)O)N1C(=O)/C(=C/c2ccc[nH]2)SC1=S. The van der Waals surface area contributed by atoms with Gasteiger partial charge < -0.3 is 15.2 Å². The highest BCUT2D eigenvalue weighted by atomic mass is 32.2. The number of carboxylic acids is 2. The summed E-state index contributed by atoms with van der Waals surface area (Å²) in [5.74, 6) is -2.93. The van der Waals surface area contributed by atoms with Gasteiger partial charge in [0.25, 0.3) is 5.91 Å². The average Bonchev–Trinajstić information content (AvgIpc) is 3.02. The number of nitrogens with one attached hydrogen (secondary N) is 1. The Morgan fingerprint density at radius 3 is 2.73 bits per heavy atom. The Hall–Kier alpha value is -2.13. The molecule has 1 atom stereocenters. The van der Waals surface area contributed by atoms with Crippen molar-refractivity contribution in [3.63, 3.8) is 0 Å². The average molecular weight is 340 g/mol. The highest BCUT2D eigenvalue weighted by Gasteiger charge is 2.40. The van der Waals surface area contributed by atoms with Crippen LogP contribution in [0, 0.1) is 0 Å². The van der Waals surface area contributed by atoms with E-state index in [0.29, 0.717) is 10.6 Å². The van der Waals surface area contributed by atoms with E-state index in [2.05, 4.69) is 4.98 Å². The van der Waals surface area contributed by atoms with Crippen LogP contribution < -0.4 is 0 Å². The van der Waals surface area contributed by atoms with Crippen molar-refractivity contribution >= 4 is 52.2 Å². The van der Waals surface area contributed by atoms with E-state index in [-0.39, 0.29) is 17.2 Å². The van der Waals surface area contributed by atoms with Crippen LogP contribution in [0.2, 0.25) is 0 Å². The molecule has 1 aromatic rings. The second kappa shape index (κ2) is 6.75. The minimum atomic E-state index is -1.28. The number of nitrogens with zero attached hydrogens (tertiary/aromatic N) is 1. The maximum atomic E-state index is 12.4. The zero-order valence-corrected chi connectivity index (χ0v) is 12.8. The molecule has 0 aromatic carbocycles. The Labute approximate surface area is 135 Å². The van der Waals surface area contributed by atoms with Gasteiger partial charge in [0.05, 0.1) is 4.91 Å². The number of rotatable bonds is 6. The van der Waals surface area contributed by atoms with E-state index < -0.39 is 23.9 Å². The number of thioether (sulfide) groups is 1. The van der Waals surface area contributed by atoms with Crippen LogP contribution in [-0.2, 0) is 14.4 Å². The lowest BCUT2D eigenvalue weighted by Crippen LogP contribution is -2.44. The summed E-state index contributed by atoms with van der Waals surface area (Å²) >= 11 is 6.07. The standard InChI is InChI=1S/C13H12N2O5S2/c16-10(17)4-3-8(12(19)20)15-11(18)9(22-13(15)21)6-7-2-1-5-14-7/h1-2,5-6,8,14H,3-4H2,(H,16,17)(H,19,20)/b9-6-/t8-/m0/s1. The zero-order chi connectivity index (χ0) is 16.3. The molecule has 7 nitrogen and oxygen atoms in total. The Morgan fingerprint density at radius 1 is 1.45 bits per heavy atom. The van der Waals surface area contributed by atoms with Gasteiger partial charge in [-0.05, 0) is 24.6 Å². The van der Waals surface area contributed by atoms with Crippen LogP contribution in [0.5, 0.6) is 0 Å². The molecule has 0 spiro atoms. The molecule has 1 amide bonds. The summed E-state index contributed by atoms with van der Waals surface area (Å²) in [4.78, 5) is 38.5. The second-order valence-corrected chi connectivity index (χ2v) is 6.14. The van der Waals surface area contributed by atoms with Gasteiger partial charge in [-0.25, -0.2) is 4.79 Å². The van der Waals surface area contributed by atoms with Crippen LogP contribution in [0.1, 0.15) is 18.5 Å². The molecule has 1 fully saturated rings. The minimum Gasteiger partial charge on any atom is -0.481 e. The van der Waals surface area contributed by atoms with Crippen LogP contribution in [-0.4, -0.2) is 48.3 Å². The number of aromatic amines is 1. The third-order valence-corrected chi connectivity index (χ3v) is 4.29. The topological polar surface area (TPSA) is 111 Å². The highest BCUT2D eigenvalue weighted by molar-refractivity contribution is 8.26. The summed E-state index contributed by atoms with van der Waals surface area (Å²) in [6.45, 7) is 0. The maximum absolute atomic E-state index is 12.4. The van der Waals surface area contributed by atoms with Crippen molar-refractivity contribution in [3.8, 4) is 0 Å². The van der Waals surface area contributed by atoms with Gasteiger partial charge in [0.2, 0.25) is 0 Å². The first-order valence-corrected chi connectivity index (χ1v) is 7.47. The fourth-order valence-electron chi connectivity index (χ4n) is 1.95. The number of carbonyl (C=O) groups excluding carboxylic acids is 1. The van der Waals surface area contributed by atoms with E-state index in [0.717, 1.165) is 16.7 Å². The van der Waals surface area contributed by atoms with Gasteiger partial charge in [0, 0.05) is 18.3 Å². The first kappa shape index (κ1) is 16.2. The summed E-state index contributed by atoms with van der Waals surface area (Å²) in [5.41, 5.74) is 0.693. The molecule has 3 N–H and O–H groups in total. The normalized spacial score (nSPS) is 18.0. The Kier molecular flexibility index (Phi) is 4.99. The van der Waals surface area contributed by atoms with E-state index in [4.69, 9.17) is 17.3 Å². The lowest BCUT2D eigenvalue weighted by Gasteiger charge is -2.22. The molecule has 1 aliphatic heterocycles. The number of hydrogen-bond acceptors (Lipinski definition) is 5. The van der Waals surface area contributed by atoms with Gasteiger partial charge in [0.15, 0.2) is 0 Å². The number of amides is 1. The molecule has 0 radical (unpaired) electrons. The van der Waals surface area contributed by atoms with E-state index in [1.54, 1.807) is 24.4 Å². The minimum absolute atomic E-state index is 0.112. The number of hydrogen-bond donors (Lipinski definition) is 3. The summed E-state index contributed by atoms with van der Waals surface area (Å²) in [7, 11) is 0. The first-order chi connectivity index (χ1) is 10.4. The van der Waals surface area contributed by atoms with E-state index in [1.165, 1.54) is 0 Å². The summed E-state index contributed by atoms with van der Waals surface area (Å²) < 4.78 is 0.112. The molecule has 2 rings (SSSR count). The van der Waals surface area contributed by atoms with Crippen molar-refractivity contribution in [2.24, 2.45) is 0 Å². The molecule has 116 valence electrons. The predicted molar refractivity (Wildman–Crippen MR) is 84.1 cm³/mol. The van der Waals surface area contributed by atoms with Crippen molar-refractivity contribution in [2.45, 2.75) is 18.9 Å². The van der Waals surface area contributed by atoms with E-state index in [9.17, 15) is 19.5 Å². The third-order valence-electron chi connectivity index (χ3n) is 2.96. The van der Waals surface area contributed by atoms with Crippen LogP contribution in [0.3, 0.4) is 0 Å². The molecule has 0 unspecified atom stereocenters. The maximum Gasteiger partial charge on any atom is 0.326 e. The second-order valence-electron chi connectivity index (χ2n) is 4.46. The number of H-pyrrole nitrogens is 1. The molecule has 2 heterocycles. The van der Waals surface area contributed by atoms with Crippen LogP contribution in [0.4, 0.5) is 0 Å². The van der Waals surface area contributed by atoms with Crippen LogP contribution in [0.15, 0.2) is 23.2 Å². The molecule has 0 aliphatic carbocycles. The number of thiocarbonyl (C=S) groups is 1. The number of aliphatic carboxylic acids is 2. The van der Waals surface area contributed by atoms with Gasteiger partial charge in [0.1, 0.15) is 10.4 Å². The van der Waals surface area contributed by atoms with E-state index >= 15 is 0 Å². The first-order valence-electron chi connectivity index (χ1n) is 6.25. The van der Waals surface area contributed by atoms with Crippen molar-refractivity contribution < 1.29 is 24.6 Å². The van der Waals surface area contributed by atoms with Crippen molar-refractivity contribution in [1.82, 2.24) is 9.88 Å². The number of carboxylic acid groups (broad SMARTS) is 2. The molecule has 9 heteroatoms. The molecular weight excluding hydrogens is 328 g/mol. The fourth-order valence-corrected chi connectivity index (χ4v) is 3.29. The smallest absolute Gasteiger partial charge is 0.326 e. The lowest BCUT2D eigenvalue weighted by atomic mass is 10.1. The Bertz CT molecular complexity index is 653. The summed E-state index contributed by atoms with van der Waals surface area (Å²) in [6.07, 6.45) is 2.71. The molecular formula is C13H12N2O5S2. The van der Waals surface area contributed by atoms with Gasteiger partial charge in [-0.15, -0.1) is 0 Å². The summed E-state index contributed by atoms with van der Waals surface area (Å²) in [6, 6.07) is 2.24. The number of aromatic nitrogens is 1. The van der Waals surface area contributed by atoms with Gasteiger partial charge >= 0.3 is 11.9 Å². The van der Waals surface area contributed by atoms with E-state index in [1.807, 2.05) is 0 Å². The molecule has 22 heavy (non-hydrogen) atoms. The van der Waals surface area contributed by atoms with Crippen LogP contribution in [0.25, 0.3) is 6.08 Å². The van der Waals surface area contributed by atoms with Gasteiger partial charge in [-0.3, -0.25) is 14.5 Å². The van der Waals surface area contributed by atoms with Gasteiger partial charge in [-0.2, -0.15) is 0 Å². The van der Waals surface area contributed by atoms with Crippen molar-refractivity contribution in [2.75, 3.05) is 0 Å². The van der Waals surface area contributed by atoms with Crippen molar-refractivity contribution in [3.05, 3.63) is 28.9 Å². The summed E-state index contributed by atoms with van der Waals surface area (Å²) in [5, 5.41) is 17.9. The Balaban J connectivity index is 2.22. The molecule has 1 saturated heterocycles. The zero-order valence-electron chi connectivity index (χ0n) is 11.2. The quantitative estimate of drug-likeness (QED) is 0.532. The van der Waals surface area contributed by atoms with Gasteiger partial charge in [-0.1, -0.05) is 24.0 Å². The Morgan fingerprint density at radius 2 is 2.18 bits per heavy atom. The highest BCUT2D eigenvalue weighted by Crippen LogP contribution is 2.34. The van der Waals surface area contributed by atoms with Crippen molar-refractivity contribution in [1.29, 1.82) is 0 Å². The largest absolute Gasteiger partial charge is 0.481 e. The molecule has 0 saturated carbocycles. The lowest BCUT2D eigenvalue weighted by molar-refractivity contribution is -0.146. The molecule has 1 aliphatic rings. The molecule has 1 aromatic heterocycles.